The quantitative estimate of drug-likeness (QED) is 0.309. The number of ether oxygens (including phenoxy) is 3. The van der Waals surface area contributed by atoms with Crippen LogP contribution in [0.2, 0.25) is 0 Å². The van der Waals surface area contributed by atoms with Gasteiger partial charge in [0.1, 0.15) is 11.4 Å². The molecular weight excluding hydrogens is 470 g/mol. The molecule has 1 saturated heterocycles. The fourth-order valence-corrected chi connectivity index (χ4v) is 6.67. The van der Waals surface area contributed by atoms with E-state index < -0.39 is 0 Å². The predicted octanol–water partition coefficient (Wildman–Crippen LogP) is 7.37. The summed E-state index contributed by atoms with van der Waals surface area (Å²) in [6.45, 7) is 8.42. The Labute approximate surface area is 228 Å². The molecule has 3 aromatic rings. The first-order chi connectivity index (χ1) is 18.4. The Morgan fingerprint density at radius 3 is 2.11 bits per heavy atom. The van der Waals surface area contributed by atoms with Crippen molar-refractivity contribution >= 4 is 5.69 Å². The molecule has 0 spiro atoms. The molecule has 0 unspecified atom stereocenters. The number of benzene rings is 3. The molecule has 202 valence electrons. The third-order valence-corrected chi connectivity index (χ3v) is 8.35. The van der Waals surface area contributed by atoms with Gasteiger partial charge in [-0.2, -0.15) is 0 Å². The maximum absolute atomic E-state index is 6.59. The van der Waals surface area contributed by atoms with Crippen LogP contribution in [0.1, 0.15) is 68.7 Å². The van der Waals surface area contributed by atoms with Gasteiger partial charge in [0.05, 0.1) is 0 Å². The van der Waals surface area contributed by atoms with E-state index in [1.54, 1.807) is 14.2 Å². The molecule has 5 rings (SSSR count). The maximum atomic E-state index is 6.59. The van der Waals surface area contributed by atoms with Gasteiger partial charge in [-0.15, -0.1) is 0 Å². The molecule has 1 aliphatic carbocycles. The number of hydrogen-bond acceptors (Lipinski definition) is 4. The van der Waals surface area contributed by atoms with Crippen LogP contribution in [-0.2, 0) is 21.3 Å². The maximum Gasteiger partial charge on any atom is 0.159 e. The fourth-order valence-electron chi connectivity index (χ4n) is 6.67. The zero-order valence-corrected chi connectivity index (χ0v) is 23.7. The standard InChI is InChI=1S/C34H43NO3/c1-33(2,3)38-31-15-9-8-14-30(31)34(22-10-12-25-11-6-7-13-29(25)34)27-16-18-28(19-17-27)35-23-20-26(21-24-35)32(36-4)37-5/h6-9,11,13-19,26,32H,10,12,20-24H2,1-5H3/t34-/m1/s1. The first-order valence-electron chi connectivity index (χ1n) is 14.1. The van der Waals surface area contributed by atoms with Crippen LogP contribution < -0.4 is 9.64 Å². The van der Waals surface area contributed by atoms with Crippen molar-refractivity contribution in [2.45, 2.75) is 70.2 Å². The molecule has 4 nitrogen and oxygen atoms in total. The number of nitrogens with zero attached hydrogens (tertiary/aromatic N) is 1. The molecule has 1 heterocycles. The Balaban J connectivity index is 1.52. The highest BCUT2D eigenvalue weighted by Crippen LogP contribution is 2.51. The highest BCUT2D eigenvalue weighted by Gasteiger charge is 2.42. The van der Waals surface area contributed by atoms with Crippen LogP contribution in [0.4, 0.5) is 5.69 Å². The normalized spacial score (nSPS) is 20.4. The van der Waals surface area contributed by atoms with Crippen LogP contribution in [-0.4, -0.2) is 39.2 Å². The number of rotatable bonds is 7. The molecule has 0 bridgehead atoms. The second-order valence-electron chi connectivity index (χ2n) is 11.8. The van der Waals surface area contributed by atoms with Crippen molar-refractivity contribution in [2.24, 2.45) is 5.92 Å². The van der Waals surface area contributed by atoms with Gasteiger partial charge in [-0.1, -0.05) is 54.6 Å². The van der Waals surface area contributed by atoms with E-state index in [1.807, 2.05) is 0 Å². The average molecular weight is 514 g/mol. The Bertz CT molecular complexity index is 1200. The van der Waals surface area contributed by atoms with Crippen molar-refractivity contribution in [2.75, 3.05) is 32.2 Å². The van der Waals surface area contributed by atoms with Gasteiger partial charge in [0.2, 0.25) is 0 Å². The van der Waals surface area contributed by atoms with Gasteiger partial charge >= 0.3 is 0 Å². The van der Waals surface area contributed by atoms with Gasteiger partial charge in [0, 0.05) is 49.9 Å². The first-order valence-corrected chi connectivity index (χ1v) is 14.1. The summed E-state index contributed by atoms with van der Waals surface area (Å²) in [4.78, 5) is 2.50. The van der Waals surface area contributed by atoms with Crippen LogP contribution in [0.25, 0.3) is 0 Å². The van der Waals surface area contributed by atoms with E-state index in [1.165, 1.54) is 27.9 Å². The number of piperidine rings is 1. The minimum atomic E-state index is -0.272. The van der Waals surface area contributed by atoms with E-state index in [4.69, 9.17) is 14.2 Å². The Morgan fingerprint density at radius 2 is 1.45 bits per heavy atom. The van der Waals surface area contributed by atoms with E-state index >= 15 is 0 Å². The monoisotopic (exact) mass is 513 g/mol. The molecule has 0 aromatic heterocycles. The summed E-state index contributed by atoms with van der Waals surface area (Å²) in [7, 11) is 3.48. The third-order valence-electron chi connectivity index (χ3n) is 8.35. The topological polar surface area (TPSA) is 30.9 Å². The molecule has 38 heavy (non-hydrogen) atoms. The van der Waals surface area contributed by atoms with Gasteiger partial charge in [-0.3, -0.25) is 0 Å². The van der Waals surface area contributed by atoms with Crippen molar-refractivity contribution < 1.29 is 14.2 Å². The van der Waals surface area contributed by atoms with Crippen molar-refractivity contribution in [3.8, 4) is 5.75 Å². The smallest absolute Gasteiger partial charge is 0.159 e. The number of hydrogen-bond donors (Lipinski definition) is 0. The van der Waals surface area contributed by atoms with Crippen molar-refractivity contribution in [1.82, 2.24) is 0 Å². The number of para-hydroxylation sites is 1. The van der Waals surface area contributed by atoms with E-state index in [-0.39, 0.29) is 17.3 Å². The van der Waals surface area contributed by atoms with E-state index in [0.717, 1.165) is 50.9 Å². The van der Waals surface area contributed by atoms with Crippen LogP contribution in [0.15, 0.2) is 72.8 Å². The molecule has 1 aliphatic heterocycles. The minimum Gasteiger partial charge on any atom is -0.488 e. The van der Waals surface area contributed by atoms with Crippen molar-refractivity contribution in [3.05, 3.63) is 95.1 Å². The Kier molecular flexibility index (Phi) is 7.83. The summed E-state index contributed by atoms with van der Waals surface area (Å²) in [6.07, 6.45) is 5.37. The number of aryl methyl sites for hydroxylation is 1. The Morgan fingerprint density at radius 1 is 0.816 bits per heavy atom. The third kappa shape index (κ3) is 5.21. The molecular formula is C34H43NO3. The summed E-state index contributed by atoms with van der Waals surface area (Å²) < 4.78 is 17.7. The number of methoxy groups -OCH3 is 2. The summed E-state index contributed by atoms with van der Waals surface area (Å²) in [5, 5.41) is 0. The van der Waals surface area contributed by atoms with Crippen molar-refractivity contribution in [1.29, 1.82) is 0 Å². The van der Waals surface area contributed by atoms with Crippen LogP contribution in [0.5, 0.6) is 5.75 Å². The molecule has 1 atom stereocenters. The lowest BCUT2D eigenvalue weighted by Gasteiger charge is -2.42. The highest BCUT2D eigenvalue weighted by atomic mass is 16.7. The number of fused-ring (bicyclic) bond motifs is 1. The first kappa shape index (κ1) is 26.8. The lowest BCUT2D eigenvalue weighted by molar-refractivity contribution is -0.141. The molecule has 3 aromatic carbocycles. The minimum absolute atomic E-state index is 0.110. The van der Waals surface area contributed by atoms with E-state index in [2.05, 4.69) is 98.5 Å². The summed E-state index contributed by atoms with van der Waals surface area (Å²) >= 11 is 0. The predicted molar refractivity (Wildman–Crippen MR) is 155 cm³/mol. The average Bonchev–Trinajstić information content (AvgIpc) is 2.93. The summed E-state index contributed by atoms with van der Waals surface area (Å²) in [6, 6.07) is 27.1. The van der Waals surface area contributed by atoms with Gasteiger partial charge in [0.15, 0.2) is 6.29 Å². The van der Waals surface area contributed by atoms with Gasteiger partial charge in [-0.25, -0.2) is 0 Å². The number of anilines is 1. The summed E-state index contributed by atoms with van der Waals surface area (Å²) in [5.41, 5.74) is 6.24. The summed E-state index contributed by atoms with van der Waals surface area (Å²) in [5.74, 6) is 1.43. The lowest BCUT2D eigenvalue weighted by atomic mass is 9.62. The van der Waals surface area contributed by atoms with Gasteiger partial charge < -0.3 is 19.1 Å². The van der Waals surface area contributed by atoms with Crippen LogP contribution in [0.3, 0.4) is 0 Å². The molecule has 1 fully saturated rings. The van der Waals surface area contributed by atoms with Crippen LogP contribution >= 0.6 is 0 Å². The molecule has 0 N–H and O–H groups in total. The zero-order chi connectivity index (χ0) is 26.8. The van der Waals surface area contributed by atoms with E-state index in [9.17, 15) is 0 Å². The molecule has 0 amide bonds. The van der Waals surface area contributed by atoms with Crippen LogP contribution in [0, 0.1) is 5.92 Å². The van der Waals surface area contributed by atoms with E-state index in [0.29, 0.717) is 5.92 Å². The molecule has 0 saturated carbocycles. The zero-order valence-electron chi connectivity index (χ0n) is 23.7. The molecule has 4 heteroatoms. The van der Waals surface area contributed by atoms with Crippen molar-refractivity contribution in [3.63, 3.8) is 0 Å². The van der Waals surface area contributed by atoms with Gasteiger partial charge in [0.25, 0.3) is 0 Å². The second-order valence-corrected chi connectivity index (χ2v) is 11.8. The lowest BCUT2D eigenvalue weighted by Crippen LogP contribution is -2.39. The molecule has 0 radical (unpaired) electrons. The largest absolute Gasteiger partial charge is 0.488 e. The second kappa shape index (κ2) is 11.1. The fraction of sp³-hybridized carbons (Fsp3) is 0.471. The van der Waals surface area contributed by atoms with Gasteiger partial charge in [-0.05, 0) is 87.8 Å². The molecule has 2 aliphatic rings. The highest BCUT2D eigenvalue weighted by molar-refractivity contribution is 5.60. The SMILES string of the molecule is COC(OC)C1CCN(c2ccc([C@]3(c4ccccc4OC(C)(C)C)CCCc4ccccc43)cc2)CC1. The Hall–Kier alpha value is -2.82.